The van der Waals surface area contributed by atoms with Crippen molar-refractivity contribution < 1.29 is 0 Å². The first-order valence-corrected chi connectivity index (χ1v) is 7.32. The van der Waals surface area contributed by atoms with Gasteiger partial charge < -0.3 is 5.32 Å². The summed E-state index contributed by atoms with van der Waals surface area (Å²) in [5.74, 6) is 0.449. The zero-order chi connectivity index (χ0) is 13.8. The normalized spacial score (nSPS) is 10.5. The quantitative estimate of drug-likeness (QED) is 0.896. The van der Waals surface area contributed by atoms with Crippen LogP contribution in [-0.2, 0) is 0 Å². The number of nitrogens with one attached hydrogen (secondary N) is 1. The lowest BCUT2D eigenvalue weighted by Gasteiger charge is -2.05. The zero-order valence-corrected chi connectivity index (χ0v) is 12.9. The van der Waals surface area contributed by atoms with Crippen LogP contribution in [0.15, 0.2) is 28.3 Å². The number of benzene rings is 1. The predicted molar refractivity (Wildman–Crippen MR) is 79.6 cm³/mol. The van der Waals surface area contributed by atoms with Gasteiger partial charge in [-0.2, -0.15) is 15.0 Å². The van der Waals surface area contributed by atoms with Gasteiger partial charge in [-0.1, -0.05) is 23.2 Å². The lowest BCUT2D eigenvalue weighted by Crippen LogP contribution is -2.04. The van der Waals surface area contributed by atoms with Gasteiger partial charge >= 0.3 is 0 Å². The van der Waals surface area contributed by atoms with Gasteiger partial charge in [0, 0.05) is 11.4 Å². The third-order valence-corrected chi connectivity index (χ3v) is 3.79. The smallest absolute Gasteiger partial charge is 0.228 e. The van der Waals surface area contributed by atoms with E-state index in [4.69, 9.17) is 34.8 Å². The number of aromatic nitrogens is 3. The van der Waals surface area contributed by atoms with Crippen LogP contribution in [0.3, 0.4) is 0 Å². The molecule has 1 aromatic carbocycles. The molecular weight excluding hydrogens is 327 g/mol. The number of halogens is 3. The first kappa shape index (κ1) is 14.7. The lowest BCUT2D eigenvalue weighted by atomic mass is 10.4. The fraction of sp³-hybridized carbons (Fsp3) is 0.182. The number of anilines is 1. The highest BCUT2D eigenvalue weighted by Gasteiger charge is 2.07. The van der Waals surface area contributed by atoms with Gasteiger partial charge in [0.05, 0.1) is 10.0 Å². The van der Waals surface area contributed by atoms with Crippen LogP contribution in [-0.4, -0.2) is 21.5 Å². The molecule has 0 radical (unpaired) electrons. The molecular formula is C11H9Cl3N4S. The first-order chi connectivity index (χ1) is 9.08. The summed E-state index contributed by atoms with van der Waals surface area (Å²) in [6, 6.07) is 5.31. The highest BCUT2D eigenvalue weighted by molar-refractivity contribution is 7.99. The Kier molecular flexibility index (Phi) is 5.10. The number of hydrogen-bond acceptors (Lipinski definition) is 5. The monoisotopic (exact) mass is 334 g/mol. The maximum atomic E-state index is 5.96. The van der Waals surface area contributed by atoms with E-state index in [1.54, 1.807) is 12.1 Å². The Morgan fingerprint density at radius 1 is 1.11 bits per heavy atom. The van der Waals surface area contributed by atoms with Crippen molar-refractivity contribution in [1.29, 1.82) is 0 Å². The van der Waals surface area contributed by atoms with Crippen LogP contribution in [0.1, 0.15) is 6.92 Å². The Morgan fingerprint density at radius 2 is 1.89 bits per heavy atom. The molecule has 0 saturated heterocycles. The Morgan fingerprint density at radius 3 is 2.58 bits per heavy atom. The van der Waals surface area contributed by atoms with E-state index in [0.29, 0.717) is 27.7 Å². The summed E-state index contributed by atoms with van der Waals surface area (Å²) in [6.45, 7) is 2.65. The van der Waals surface area contributed by atoms with Gasteiger partial charge in [0.25, 0.3) is 0 Å². The highest BCUT2D eigenvalue weighted by atomic mass is 35.5. The molecule has 0 fully saturated rings. The molecule has 1 N–H and O–H groups in total. The van der Waals surface area contributed by atoms with Crippen LogP contribution in [0.25, 0.3) is 0 Å². The first-order valence-electron chi connectivity index (χ1n) is 5.37. The Labute approximate surface area is 129 Å². The Hall–Kier alpha value is -0.750. The van der Waals surface area contributed by atoms with Gasteiger partial charge in [-0.25, -0.2) is 0 Å². The van der Waals surface area contributed by atoms with Crippen molar-refractivity contribution in [1.82, 2.24) is 15.0 Å². The second-order valence-corrected chi connectivity index (χ2v) is 5.61. The van der Waals surface area contributed by atoms with Gasteiger partial charge in [-0.15, -0.1) is 0 Å². The summed E-state index contributed by atoms with van der Waals surface area (Å²) >= 11 is 19.0. The van der Waals surface area contributed by atoms with Gasteiger partial charge in [-0.3, -0.25) is 0 Å². The highest BCUT2D eigenvalue weighted by Crippen LogP contribution is 2.31. The van der Waals surface area contributed by atoms with E-state index in [2.05, 4.69) is 20.3 Å². The van der Waals surface area contributed by atoms with Crippen LogP contribution in [0, 0.1) is 0 Å². The second-order valence-electron chi connectivity index (χ2n) is 3.42. The van der Waals surface area contributed by atoms with E-state index in [-0.39, 0.29) is 5.28 Å². The SMILES string of the molecule is CCNc1nc(Cl)nc(Sc2ccc(Cl)c(Cl)c2)n1. The molecule has 0 saturated carbocycles. The number of hydrogen-bond donors (Lipinski definition) is 1. The van der Waals surface area contributed by atoms with Crippen molar-refractivity contribution in [2.45, 2.75) is 17.0 Å². The summed E-state index contributed by atoms with van der Waals surface area (Å²) in [6.07, 6.45) is 0. The molecule has 0 amide bonds. The third kappa shape index (κ3) is 4.11. The summed E-state index contributed by atoms with van der Waals surface area (Å²) in [7, 11) is 0. The van der Waals surface area contributed by atoms with Crippen molar-refractivity contribution in [3.05, 3.63) is 33.5 Å². The average Bonchev–Trinajstić information content (AvgIpc) is 2.33. The van der Waals surface area contributed by atoms with Crippen molar-refractivity contribution in [2.24, 2.45) is 0 Å². The van der Waals surface area contributed by atoms with Gasteiger partial charge in [0.2, 0.25) is 11.2 Å². The minimum Gasteiger partial charge on any atom is -0.354 e. The van der Waals surface area contributed by atoms with Gasteiger partial charge in [0.15, 0.2) is 5.16 Å². The molecule has 0 spiro atoms. The average molecular weight is 336 g/mol. The van der Waals surface area contributed by atoms with Gasteiger partial charge in [-0.05, 0) is 48.5 Å². The maximum absolute atomic E-state index is 5.96. The minimum atomic E-state index is 0.147. The van der Waals surface area contributed by atoms with Crippen LogP contribution in [0.5, 0.6) is 0 Å². The van der Waals surface area contributed by atoms with E-state index in [1.165, 1.54) is 11.8 Å². The molecule has 0 aliphatic heterocycles. The molecule has 0 bridgehead atoms. The van der Waals surface area contributed by atoms with Crippen molar-refractivity contribution >= 4 is 52.5 Å². The minimum absolute atomic E-state index is 0.147. The zero-order valence-electron chi connectivity index (χ0n) is 9.82. The molecule has 100 valence electrons. The van der Waals surface area contributed by atoms with E-state index < -0.39 is 0 Å². The van der Waals surface area contributed by atoms with E-state index >= 15 is 0 Å². The van der Waals surface area contributed by atoms with Crippen molar-refractivity contribution in [3.8, 4) is 0 Å². The van der Waals surface area contributed by atoms with E-state index in [0.717, 1.165) is 4.90 Å². The molecule has 0 aliphatic rings. The molecule has 0 atom stereocenters. The van der Waals surface area contributed by atoms with E-state index in [1.807, 2.05) is 13.0 Å². The third-order valence-electron chi connectivity index (χ3n) is 2.02. The largest absolute Gasteiger partial charge is 0.354 e. The Bertz CT molecular complexity index is 594. The van der Waals surface area contributed by atoms with E-state index in [9.17, 15) is 0 Å². The fourth-order valence-corrected chi connectivity index (χ4v) is 2.62. The van der Waals surface area contributed by atoms with Crippen LogP contribution in [0.4, 0.5) is 5.95 Å². The predicted octanol–water partition coefficient (Wildman–Crippen LogP) is 4.41. The molecule has 0 aliphatic carbocycles. The molecule has 2 rings (SSSR count). The molecule has 2 aromatic rings. The van der Waals surface area contributed by atoms with Gasteiger partial charge in [0.1, 0.15) is 0 Å². The second kappa shape index (κ2) is 6.61. The molecule has 1 heterocycles. The standard InChI is InChI=1S/C11H9Cl3N4S/c1-2-15-10-16-9(14)17-11(18-10)19-6-3-4-7(12)8(13)5-6/h3-5H,2H2,1H3,(H,15,16,17,18). The van der Waals surface area contributed by atoms with Crippen LogP contribution < -0.4 is 5.32 Å². The lowest BCUT2D eigenvalue weighted by molar-refractivity contribution is 0.899. The summed E-state index contributed by atoms with van der Waals surface area (Å²) in [5, 5.41) is 4.62. The molecule has 19 heavy (non-hydrogen) atoms. The molecule has 8 heteroatoms. The fourth-order valence-electron chi connectivity index (χ4n) is 1.26. The maximum Gasteiger partial charge on any atom is 0.228 e. The summed E-state index contributed by atoms with van der Waals surface area (Å²) in [4.78, 5) is 13.1. The summed E-state index contributed by atoms with van der Waals surface area (Å²) in [5.41, 5.74) is 0. The molecule has 1 aromatic heterocycles. The van der Waals surface area contributed by atoms with Crippen LogP contribution in [0.2, 0.25) is 15.3 Å². The molecule has 4 nitrogen and oxygen atoms in total. The number of rotatable bonds is 4. The molecule has 0 unspecified atom stereocenters. The topological polar surface area (TPSA) is 50.7 Å². The summed E-state index contributed by atoms with van der Waals surface area (Å²) < 4.78 is 0. The van der Waals surface area contributed by atoms with Crippen molar-refractivity contribution in [2.75, 3.05) is 11.9 Å². The number of nitrogens with zero attached hydrogens (tertiary/aromatic N) is 3. The Balaban J connectivity index is 2.24. The van der Waals surface area contributed by atoms with Crippen LogP contribution >= 0.6 is 46.6 Å². The van der Waals surface area contributed by atoms with Crippen molar-refractivity contribution in [3.63, 3.8) is 0 Å².